The van der Waals surface area contributed by atoms with Crippen LogP contribution in [0.4, 0.5) is 10.5 Å². The Kier molecular flexibility index (Phi) is 5.31. The zero-order chi connectivity index (χ0) is 15.1. The van der Waals surface area contributed by atoms with Gasteiger partial charge < -0.3 is 25.6 Å². The molecule has 0 radical (unpaired) electrons. The Hall–Kier alpha value is -2.79. The fourth-order valence-corrected chi connectivity index (χ4v) is 1.42. The second kappa shape index (κ2) is 6.96. The van der Waals surface area contributed by atoms with E-state index >= 15 is 0 Å². The molecule has 0 saturated carbocycles. The van der Waals surface area contributed by atoms with Crippen LogP contribution in [0.2, 0.25) is 0 Å². The van der Waals surface area contributed by atoms with Gasteiger partial charge in [0.1, 0.15) is 17.5 Å². The molecule has 0 aromatic heterocycles. The molecule has 0 aliphatic heterocycles. The van der Waals surface area contributed by atoms with E-state index in [0.29, 0.717) is 0 Å². The van der Waals surface area contributed by atoms with Crippen LogP contribution in [-0.4, -0.2) is 42.0 Å². The number of nitrogens with zero attached hydrogens (tertiary/aromatic N) is 1. The maximum atomic E-state index is 11.7. The van der Waals surface area contributed by atoms with Gasteiger partial charge in [0.05, 0.1) is 19.3 Å². The van der Waals surface area contributed by atoms with E-state index in [1.54, 1.807) is 6.07 Å². The maximum Gasteiger partial charge on any atom is 0.328 e. The number of nitrogens with one attached hydrogen (secondary N) is 2. The van der Waals surface area contributed by atoms with Crippen molar-refractivity contribution in [2.75, 3.05) is 19.0 Å². The first kappa shape index (κ1) is 15.3. The predicted molar refractivity (Wildman–Crippen MR) is 68.4 cm³/mol. The summed E-state index contributed by atoms with van der Waals surface area (Å²) in [4.78, 5) is 22.3. The first-order chi connectivity index (χ1) is 9.53. The number of para-hydroxylation sites is 1. The Balaban J connectivity index is 2.91. The fraction of sp³-hybridized carbons (Fsp3) is 0.250. The summed E-state index contributed by atoms with van der Waals surface area (Å²) in [6.07, 6.45) is 0. The van der Waals surface area contributed by atoms with Crippen LogP contribution < -0.4 is 15.4 Å². The molecule has 0 heterocycles. The third kappa shape index (κ3) is 3.60. The van der Waals surface area contributed by atoms with Gasteiger partial charge in [0.2, 0.25) is 0 Å². The molecule has 1 aromatic carbocycles. The van der Waals surface area contributed by atoms with Crippen molar-refractivity contribution in [2.45, 2.75) is 6.04 Å². The predicted octanol–water partition coefficient (Wildman–Crippen LogP) is 0.134. The number of carboxylic acids is 1. The molecule has 0 saturated heterocycles. The Morgan fingerprint density at radius 1 is 1.50 bits per heavy atom. The molecular formula is C12H13N3O5. The van der Waals surface area contributed by atoms with Gasteiger partial charge in [-0.15, -0.1) is 0 Å². The highest BCUT2D eigenvalue weighted by atomic mass is 16.5. The molecule has 0 aliphatic carbocycles. The molecule has 1 atom stereocenters. The van der Waals surface area contributed by atoms with Crippen molar-refractivity contribution in [3.8, 4) is 11.8 Å². The highest BCUT2D eigenvalue weighted by Gasteiger charge is 2.20. The molecule has 8 nitrogen and oxygen atoms in total. The smallest absolute Gasteiger partial charge is 0.328 e. The van der Waals surface area contributed by atoms with Gasteiger partial charge in [0.15, 0.2) is 6.04 Å². The molecule has 0 spiro atoms. The van der Waals surface area contributed by atoms with Gasteiger partial charge in [-0.05, 0) is 12.1 Å². The number of hydrogen-bond donors (Lipinski definition) is 4. The Morgan fingerprint density at radius 2 is 2.20 bits per heavy atom. The van der Waals surface area contributed by atoms with Gasteiger partial charge in [-0.1, -0.05) is 6.07 Å². The first-order valence-electron chi connectivity index (χ1n) is 5.51. The second-order valence-electron chi connectivity index (χ2n) is 3.67. The lowest BCUT2D eigenvalue weighted by atomic mass is 10.2. The molecule has 0 fully saturated rings. The lowest BCUT2D eigenvalue weighted by molar-refractivity contribution is -0.140. The average molecular weight is 279 g/mol. The monoisotopic (exact) mass is 279 g/mol. The summed E-state index contributed by atoms with van der Waals surface area (Å²) < 4.78 is 5.01. The summed E-state index contributed by atoms with van der Waals surface area (Å²) in [7, 11) is 1.37. The Morgan fingerprint density at radius 3 is 2.70 bits per heavy atom. The topological polar surface area (TPSA) is 132 Å². The summed E-state index contributed by atoms with van der Waals surface area (Å²) in [5, 5.41) is 30.9. The van der Waals surface area contributed by atoms with Crippen molar-refractivity contribution in [2.24, 2.45) is 0 Å². The molecule has 106 valence electrons. The number of aliphatic hydroxyl groups excluding tert-OH is 1. The number of benzene rings is 1. The Labute approximate surface area is 114 Å². The van der Waals surface area contributed by atoms with E-state index in [9.17, 15) is 9.59 Å². The number of methoxy groups -OCH3 is 1. The molecule has 1 aromatic rings. The largest absolute Gasteiger partial charge is 0.495 e. The maximum absolute atomic E-state index is 11.7. The van der Waals surface area contributed by atoms with Crippen LogP contribution in [-0.2, 0) is 4.79 Å². The molecule has 20 heavy (non-hydrogen) atoms. The number of carbonyl (C=O) groups excluding carboxylic acids is 1. The van der Waals surface area contributed by atoms with E-state index in [4.69, 9.17) is 20.2 Å². The number of rotatable bonds is 5. The van der Waals surface area contributed by atoms with E-state index in [-0.39, 0.29) is 17.0 Å². The van der Waals surface area contributed by atoms with E-state index in [2.05, 4.69) is 10.6 Å². The van der Waals surface area contributed by atoms with Gasteiger partial charge in [0.25, 0.3) is 0 Å². The zero-order valence-corrected chi connectivity index (χ0v) is 10.6. The number of urea groups is 1. The molecule has 0 aliphatic rings. The summed E-state index contributed by atoms with van der Waals surface area (Å²) in [6, 6.07) is 4.16. The van der Waals surface area contributed by atoms with Crippen molar-refractivity contribution < 1.29 is 24.5 Å². The minimum absolute atomic E-state index is 0.122. The van der Waals surface area contributed by atoms with E-state index < -0.39 is 24.6 Å². The second-order valence-corrected chi connectivity index (χ2v) is 3.67. The normalized spacial score (nSPS) is 11.1. The highest BCUT2D eigenvalue weighted by molar-refractivity contribution is 5.95. The van der Waals surface area contributed by atoms with Crippen molar-refractivity contribution in [1.82, 2.24) is 5.32 Å². The van der Waals surface area contributed by atoms with Crippen LogP contribution in [0, 0.1) is 11.3 Å². The van der Waals surface area contributed by atoms with E-state index in [1.165, 1.54) is 19.2 Å². The van der Waals surface area contributed by atoms with Crippen LogP contribution >= 0.6 is 0 Å². The van der Waals surface area contributed by atoms with E-state index in [1.807, 2.05) is 6.07 Å². The molecule has 4 N–H and O–H groups in total. The SMILES string of the molecule is COc1cccc(C#N)c1NC(=O)N[C@H](CO)C(=O)O. The minimum atomic E-state index is -1.43. The number of ether oxygens (including phenoxy) is 1. The number of amides is 2. The average Bonchev–Trinajstić information content (AvgIpc) is 2.44. The van der Waals surface area contributed by atoms with E-state index in [0.717, 1.165) is 0 Å². The number of carbonyl (C=O) groups is 2. The minimum Gasteiger partial charge on any atom is -0.495 e. The highest BCUT2D eigenvalue weighted by Crippen LogP contribution is 2.27. The molecule has 1 rings (SSSR count). The number of anilines is 1. The fourth-order valence-electron chi connectivity index (χ4n) is 1.42. The quantitative estimate of drug-likeness (QED) is 0.606. The lowest BCUT2D eigenvalue weighted by Crippen LogP contribution is -2.45. The van der Waals surface area contributed by atoms with Crippen molar-refractivity contribution in [3.05, 3.63) is 23.8 Å². The van der Waals surface area contributed by atoms with Crippen molar-refractivity contribution in [3.63, 3.8) is 0 Å². The van der Waals surface area contributed by atoms with Crippen LogP contribution in [0.3, 0.4) is 0 Å². The lowest BCUT2D eigenvalue weighted by Gasteiger charge is -2.15. The first-order valence-corrected chi connectivity index (χ1v) is 5.51. The molecule has 0 bridgehead atoms. The molecular weight excluding hydrogens is 266 g/mol. The van der Waals surface area contributed by atoms with Crippen molar-refractivity contribution >= 4 is 17.7 Å². The van der Waals surface area contributed by atoms with Gasteiger partial charge in [0, 0.05) is 0 Å². The van der Waals surface area contributed by atoms with Crippen LogP contribution in [0.1, 0.15) is 5.56 Å². The number of nitriles is 1. The number of aliphatic carboxylic acids is 1. The van der Waals surface area contributed by atoms with Crippen LogP contribution in [0.25, 0.3) is 0 Å². The number of aliphatic hydroxyl groups is 1. The zero-order valence-electron chi connectivity index (χ0n) is 10.6. The molecule has 8 heteroatoms. The van der Waals surface area contributed by atoms with Gasteiger partial charge >= 0.3 is 12.0 Å². The van der Waals surface area contributed by atoms with Gasteiger partial charge in [-0.3, -0.25) is 0 Å². The Bertz CT molecular complexity index is 553. The van der Waals surface area contributed by atoms with Crippen LogP contribution in [0.5, 0.6) is 5.75 Å². The summed E-state index contributed by atoms with van der Waals surface area (Å²) >= 11 is 0. The van der Waals surface area contributed by atoms with Crippen molar-refractivity contribution in [1.29, 1.82) is 5.26 Å². The van der Waals surface area contributed by atoms with Gasteiger partial charge in [-0.25, -0.2) is 9.59 Å². The standard InChI is InChI=1S/C12H13N3O5/c1-20-9-4-2-3-7(5-13)10(9)15-12(19)14-8(6-16)11(17)18/h2-4,8,16H,6H2,1H3,(H,17,18)(H2,14,15,19)/t8-/m1/s1. The third-order valence-corrected chi connectivity index (χ3v) is 2.39. The summed E-state index contributed by atoms with van der Waals surface area (Å²) in [5.41, 5.74) is 0.285. The number of carboxylic acid groups (broad SMARTS) is 1. The van der Waals surface area contributed by atoms with Gasteiger partial charge in [-0.2, -0.15) is 5.26 Å². The molecule has 0 unspecified atom stereocenters. The summed E-state index contributed by atoms with van der Waals surface area (Å²) in [5.74, 6) is -1.11. The third-order valence-electron chi connectivity index (χ3n) is 2.39. The van der Waals surface area contributed by atoms with Crippen LogP contribution in [0.15, 0.2) is 18.2 Å². The summed E-state index contributed by atoms with van der Waals surface area (Å²) in [6.45, 7) is -0.750. The molecule has 2 amide bonds. The number of hydrogen-bond acceptors (Lipinski definition) is 5.